The summed E-state index contributed by atoms with van der Waals surface area (Å²) in [4.78, 5) is 0. The SMILES string of the molecule is CC(NCc1coc2ccccc12)c1ccc(F)cc1. The molecule has 0 fully saturated rings. The van der Waals surface area contributed by atoms with Gasteiger partial charge in [0.05, 0.1) is 6.26 Å². The van der Waals surface area contributed by atoms with Crippen LogP contribution in [0.4, 0.5) is 4.39 Å². The Morgan fingerprint density at radius 1 is 1.10 bits per heavy atom. The molecule has 0 amide bonds. The molecule has 1 unspecified atom stereocenters. The van der Waals surface area contributed by atoms with E-state index in [0.29, 0.717) is 0 Å². The zero-order chi connectivity index (χ0) is 13.9. The first-order chi connectivity index (χ1) is 9.74. The molecule has 1 aromatic heterocycles. The fourth-order valence-corrected chi connectivity index (χ4v) is 2.30. The first-order valence-corrected chi connectivity index (χ1v) is 6.68. The van der Waals surface area contributed by atoms with Crippen LogP contribution >= 0.6 is 0 Å². The van der Waals surface area contributed by atoms with Crippen LogP contribution in [0.3, 0.4) is 0 Å². The number of nitrogens with one attached hydrogen (secondary N) is 1. The van der Waals surface area contributed by atoms with E-state index >= 15 is 0 Å². The second kappa shape index (κ2) is 5.47. The van der Waals surface area contributed by atoms with Gasteiger partial charge in [0.2, 0.25) is 0 Å². The summed E-state index contributed by atoms with van der Waals surface area (Å²) >= 11 is 0. The average molecular weight is 269 g/mol. The van der Waals surface area contributed by atoms with Crippen molar-refractivity contribution in [3.8, 4) is 0 Å². The van der Waals surface area contributed by atoms with Gasteiger partial charge in [-0.25, -0.2) is 4.39 Å². The van der Waals surface area contributed by atoms with E-state index in [1.165, 1.54) is 12.1 Å². The van der Waals surface area contributed by atoms with Crippen molar-refractivity contribution in [3.63, 3.8) is 0 Å². The van der Waals surface area contributed by atoms with Crippen molar-refractivity contribution < 1.29 is 8.81 Å². The number of rotatable bonds is 4. The molecule has 0 saturated heterocycles. The van der Waals surface area contributed by atoms with E-state index in [-0.39, 0.29) is 11.9 Å². The zero-order valence-electron chi connectivity index (χ0n) is 11.3. The van der Waals surface area contributed by atoms with Gasteiger partial charge in [0, 0.05) is 23.5 Å². The van der Waals surface area contributed by atoms with Crippen molar-refractivity contribution in [2.75, 3.05) is 0 Å². The Hall–Kier alpha value is -2.13. The summed E-state index contributed by atoms with van der Waals surface area (Å²) in [6.45, 7) is 2.78. The molecule has 102 valence electrons. The van der Waals surface area contributed by atoms with Crippen LogP contribution in [-0.4, -0.2) is 0 Å². The lowest BCUT2D eigenvalue weighted by molar-refractivity contribution is 0.560. The highest BCUT2D eigenvalue weighted by molar-refractivity contribution is 5.80. The molecule has 0 bridgehead atoms. The molecular formula is C17H16FNO. The van der Waals surface area contributed by atoms with Crippen LogP contribution in [0.25, 0.3) is 11.0 Å². The summed E-state index contributed by atoms with van der Waals surface area (Å²) in [7, 11) is 0. The maximum atomic E-state index is 12.9. The van der Waals surface area contributed by atoms with E-state index in [1.807, 2.05) is 18.2 Å². The van der Waals surface area contributed by atoms with Crippen LogP contribution in [0.5, 0.6) is 0 Å². The third-order valence-electron chi connectivity index (χ3n) is 3.53. The van der Waals surface area contributed by atoms with Crippen LogP contribution in [-0.2, 0) is 6.54 Å². The molecule has 0 saturated carbocycles. The summed E-state index contributed by atoms with van der Waals surface area (Å²) in [5, 5.41) is 4.56. The Labute approximate surface area is 117 Å². The summed E-state index contributed by atoms with van der Waals surface area (Å²) in [6, 6.07) is 14.7. The minimum absolute atomic E-state index is 0.157. The summed E-state index contributed by atoms with van der Waals surface area (Å²) < 4.78 is 18.4. The molecule has 20 heavy (non-hydrogen) atoms. The first kappa shape index (κ1) is 12.9. The van der Waals surface area contributed by atoms with Gasteiger partial charge in [-0.15, -0.1) is 0 Å². The fourth-order valence-electron chi connectivity index (χ4n) is 2.30. The molecule has 0 aliphatic carbocycles. The Morgan fingerprint density at radius 2 is 1.85 bits per heavy atom. The van der Waals surface area contributed by atoms with Gasteiger partial charge in [-0.05, 0) is 30.7 Å². The van der Waals surface area contributed by atoms with Crippen molar-refractivity contribution in [1.82, 2.24) is 5.32 Å². The molecule has 1 N–H and O–H groups in total. The molecule has 0 aliphatic rings. The minimum Gasteiger partial charge on any atom is -0.464 e. The van der Waals surface area contributed by atoms with Gasteiger partial charge < -0.3 is 9.73 Å². The number of furan rings is 1. The van der Waals surface area contributed by atoms with Crippen molar-refractivity contribution in [3.05, 3.63) is 71.7 Å². The molecule has 3 rings (SSSR count). The molecule has 0 radical (unpaired) electrons. The highest BCUT2D eigenvalue weighted by Gasteiger charge is 2.08. The maximum absolute atomic E-state index is 12.9. The number of benzene rings is 2. The lowest BCUT2D eigenvalue weighted by atomic mass is 10.1. The van der Waals surface area contributed by atoms with E-state index in [1.54, 1.807) is 18.4 Å². The molecule has 0 aliphatic heterocycles. The largest absolute Gasteiger partial charge is 0.464 e. The Balaban J connectivity index is 1.71. The number of hydrogen-bond donors (Lipinski definition) is 1. The molecule has 3 heteroatoms. The van der Waals surface area contributed by atoms with Gasteiger partial charge in [0.25, 0.3) is 0 Å². The van der Waals surface area contributed by atoms with Crippen molar-refractivity contribution in [2.45, 2.75) is 19.5 Å². The maximum Gasteiger partial charge on any atom is 0.134 e. The van der Waals surface area contributed by atoms with Gasteiger partial charge in [-0.2, -0.15) is 0 Å². The minimum atomic E-state index is -0.207. The Morgan fingerprint density at radius 3 is 2.65 bits per heavy atom. The van der Waals surface area contributed by atoms with E-state index in [0.717, 1.165) is 28.6 Å². The quantitative estimate of drug-likeness (QED) is 0.758. The third kappa shape index (κ3) is 2.58. The van der Waals surface area contributed by atoms with Crippen LogP contribution < -0.4 is 5.32 Å². The lowest BCUT2D eigenvalue weighted by Gasteiger charge is -2.13. The molecule has 2 nitrogen and oxygen atoms in total. The summed E-state index contributed by atoms with van der Waals surface area (Å²) in [5.41, 5.74) is 3.10. The highest BCUT2D eigenvalue weighted by Crippen LogP contribution is 2.21. The fraction of sp³-hybridized carbons (Fsp3) is 0.176. The topological polar surface area (TPSA) is 25.2 Å². The van der Waals surface area contributed by atoms with E-state index in [2.05, 4.69) is 18.3 Å². The molecule has 2 aromatic carbocycles. The summed E-state index contributed by atoms with van der Waals surface area (Å²) in [6.07, 6.45) is 1.79. The first-order valence-electron chi connectivity index (χ1n) is 6.68. The smallest absolute Gasteiger partial charge is 0.134 e. The standard InChI is InChI=1S/C17H16FNO/c1-12(13-6-8-15(18)9-7-13)19-10-14-11-20-17-5-3-2-4-16(14)17/h2-9,11-12,19H,10H2,1H3. The predicted octanol–water partition coefficient (Wildman–Crippen LogP) is 4.42. The predicted molar refractivity (Wildman–Crippen MR) is 77.9 cm³/mol. The normalized spacial score (nSPS) is 12.7. The number of halogens is 1. The summed E-state index contributed by atoms with van der Waals surface area (Å²) in [5.74, 6) is -0.207. The van der Waals surface area contributed by atoms with E-state index in [9.17, 15) is 4.39 Å². The van der Waals surface area contributed by atoms with E-state index in [4.69, 9.17) is 4.42 Å². The number of hydrogen-bond acceptors (Lipinski definition) is 2. The Kier molecular flexibility index (Phi) is 3.52. The van der Waals surface area contributed by atoms with Gasteiger partial charge in [0.15, 0.2) is 0 Å². The van der Waals surface area contributed by atoms with Gasteiger partial charge >= 0.3 is 0 Å². The van der Waals surface area contributed by atoms with E-state index < -0.39 is 0 Å². The molecule has 3 aromatic rings. The molecule has 0 spiro atoms. The van der Waals surface area contributed by atoms with Crippen LogP contribution in [0, 0.1) is 5.82 Å². The van der Waals surface area contributed by atoms with Crippen molar-refractivity contribution in [1.29, 1.82) is 0 Å². The highest BCUT2D eigenvalue weighted by atomic mass is 19.1. The van der Waals surface area contributed by atoms with Crippen LogP contribution in [0.2, 0.25) is 0 Å². The van der Waals surface area contributed by atoms with Crippen molar-refractivity contribution in [2.24, 2.45) is 0 Å². The monoisotopic (exact) mass is 269 g/mol. The third-order valence-corrected chi connectivity index (χ3v) is 3.53. The van der Waals surface area contributed by atoms with Gasteiger partial charge in [-0.1, -0.05) is 30.3 Å². The molecule has 1 heterocycles. The second-order valence-electron chi connectivity index (χ2n) is 4.91. The lowest BCUT2D eigenvalue weighted by Crippen LogP contribution is -2.17. The van der Waals surface area contributed by atoms with Gasteiger partial charge in [-0.3, -0.25) is 0 Å². The van der Waals surface area contributed by atoms with Crippen LogP contribution in [0.15, 0.2) is 59.2 Å². The van der Waals surface area contributed by atoms with Gasteiger partial charge in [0.1, 0.15) is 11.4 Å². The average Bonchev–Trinajstić information content (AvgIpc) is 2.89. The Bertz CT molecular complexity index is 702. The number of para-hydroxylation sites is 1. The number of fused-ring (bicyclic) bond motifs is 1. The van der Waals surface area contributed by atoms with Crippen LogP contribution in [0.1, 0.15) is 24.1 Å². The zero-order valence-corrected chi connectivity index (χ0v) is 11.3. The van der Waals surface area contributed by atoms with Crippen molar-refractivity contribution >= 4 is 11.0 Å². The molecule has 1 atom stereocenters. The second-order valence-corrected chi connectivity index (χ2v) is 4.91. The molecular weight excluding hydrogens is 253 g/mol.